The fourth-order valence-corrected chi connectivity index (χ4v) is 1.45. The van der Waals surface area contributed by atoms with E-state index in [1.165, 1.54) is 32.2 Å². The van der Waals surface area contributed by atoms with Crippen molar-refractivity contribution in [3.63, 3.8) is 0 Å². The molecule has 0 aromatic carbocycles. The molecule has 1 heterocycles. The molecule has 2 N–H and O–H groups in total. The fourth-order valence-electron chi connectivity index (χ4n) is 1.45. The summed E-state index contributed by atoms with van der Waals surface area (Å²) in [5, 5.41) is 6.88. The van der Waals surface area contributed by atoms with E-state index in [2.05, 4.69) is 17.6 Å². The predicted molar refractivity (Wildman–Crippen MR) is 43.9 cm³/mol. The maximum Gasteiger partial charge on any atom is 0.0571 e. The number of nitrogens with one attached hydrogen (secondary N) is 2. The van der Waals surface area contributed by atoms with Gasteiger partial charge in [-0.15, -0.1) is 0 Å². The van der Waals surface area contributed by atoms with Gasteiger partial charge in [0.05, 0.1) is 6.17 Å². The summed E-state index contributed by atoms with van der Waals surface area (Å²) in [7, 11) is 0. The van der Waals surface area contributed by atoms with Gasteiger partial charge in [0.15, 0.2) is 0 Å². The Morgan fingerprint density at radius 1 is 1.40 bits per heavy atom. The minimum Gasteiger partial charge on any atom is -0.302 e. The number of rotatable bonds is 2. The Hall–Kier alpha value is -0.0800. The second-order valence-corrected chi connectivity index (χ2v) is 2.91. The largest absolute Gasteiger partial charge is 0.302 e. The number of hydrogen-bond acceptors (Lipinski definition) is 2. The van der Waals surface area contributed by atoms with Gasteiger partial charge >= 0.3 is 0 Å². The van der Waals surface area contributed by atoms with Gasteiger partial charge in [-0.1, -0.05) is 19.8 Å². The molecule has 0 aromatic heterocycles. The zero-order valence-electron chi connectivity index (χ0n) is 6.82. The molecule has 0 aliphatic carbocycles. The van der Waals surface area contributed by atoms with Crippen LogP contribution in [0.2, 0.25) is 0 Å². The van der Waals surface area contributed by atoms with E-state index in [0.717, 1.165) is 6.54 Å². The predicted octanol–water partition coefficient (Wildman–Crippen LogP) is 1.09. The van der Waals surface area contributed by atoms with Crippen molar-refractivity contribution in [2.75, 3.05) is 13.1 Å². The smallest absolute Gasteiger partial charge is 0.0571 e. The molecule has 0 aromatic rings. The Kier molecular flexibility index (Phi) is 3.76. The van der Waals surface area contributed by atoms with Crippen molar-refractivity contribution in [1.82, 2.24) is 10.6 Å². The molecule has 10 heavy (non-hydrogen) atoms. The lowest BCUT2D eigenvalue weighted by molar-refractivity contribution is 0.430. The molecule has 0 amide bonds. The molecular weight excluding hydrogens is 124 g/mol. The van der Waals surface area contributed by atoms with Gasteiger partial charge in [-0.2, -0.15) is 0 Å². The van der Waals surface area contributed by atoms with E-state index in [0.29, 0.717) is 6.17 Å². The Balaban J connectivity index is 2.15. The zero-order valence-corrected chi connectivity index (χ0v) is 6.82. The van der Waals surface area contributed by atoms with Crippen LogP contribution >= 0.6 is 0 Å². The van der Waals surface area contributed by atoms with E-state index in [1.54, 1.807) is 0 Å². The van der Waals surface area contributed by atoms with Crippen molar-refractivity contribution in [3.8, 4) is 0 Å². The molecule has 2 nitrogen and oxygen atoms in total. The minimum absolute atomic E-state index is 0.590. The van der Waals surface area contributed by atoms with Crippen LogP contribution in [0.15, 0.2) is 0 Å². The molecule has 0 spiro atoms. The first-order chi connectivity index (χ1) is 4.93. The summed E-state index contributed by atoms with van der Waals surface area (Å²) in [6.07, 6.45) is 6.02. The average Bonchev–Trinajstić information content (AvgIpc) is 2.17. The molecule has 1 fully saturated rings. The van der Waals surface area contributed by atoms with E-state index in [4.69, 9.17) is 0 Å². The van der Waals surface area contributed by atoms with Crippen molar-refractivity contribution in [2.45, 2.75) is 38.8 Å². The van der Waals surface area contributed by atoms with Gasteiger partial charge < -0.3 is 10.6 Å². The van der Waals surface area contributed by atoms with Gasteiger partial charge in [0.1, 0.15) is 0 Å². The molecule has 1 rings (SSSR count). The lowest BCUT2D eigenvalue weighted by Gasteiger charge is -2.15. The van der Waals surface area contributed by atoms with Gasteiger partial charge in [-0.3, -0.25) is 0 Å². The van der Waals surface area contributed by atoms with Crippen LogP contribution in [0.5, 0.6) is 0 Å². The Morgan fingerprint density at radius 3 is 3.10 bits per heavy atom. The molecule has 1 unspecified atom stereocenters. The molecule has 0 saturated carbocycles. The van der Waals surface area contributed by atoms with Crippen LogP contribution in [0.1, 0.15) is 32.6 Å². The van der Waals surface area contributed by atoms with Crippen molar-refractivity contribution < 1.29 is 0 Å². The van der Waals surface area contributed by atoms with E-state index >= 15 is 0 Å². The van der Waals surface area contributed by atoms with Gasteiger partial charge in [0.2, 0.25) is 0 Å². The average molecular weight is 142 g/mol. The quantitative estimate of drug-likeness (QED) is 0.603. The molecular formula is C8H18N2. The maximum atomic E-state index is 3.47. The molecule has 1 aliphatic rings. The molecule has 0 radical (unpaired) electrons. The van der Waals surface area contributed by atoms with Gasteiger partial charge in [-0.25, -0.2) is 0 Å². The maximum absolute atomic E-state index is 3.47. The first kappa shape index (κ1) is 8.02. The van der Waals surface area contributed by atoms with Crippen LogP contribution in [0, 0.1) is 0 Å². The van der Waals surface area contributed by atoms with Crippen LogP contribution in [0.25, 0.3) is 0 Å². The first-order valence-electron chi connectivity index (χ1n) is 4.40. The lowest BCUT2D eigenvalue weighted by atomic mass is 10.2. The summed E-state index contributed by atoms with van der Waals surface area (Å²) < 4.78 is 0. The standard InChI is InChI=1S/C8H18N2/c1-2-9-8-6-4-3-5-7-10-8/h8-10H,2-7H2,1H3. The number of hydrogen-bond donors (Lipinski definition) is 2. The van der Waals surface area contributed by atoms with Crippen molar-refractivity contribution in [1.29, 1.82) is 0 Å². The van der Waals surface area contributed by atoms with Crippen molar-refractivity contribution in [3.05, 3.63) is 0 Å². The summed E-state index contributed by atoms with van der Waals surface area (Å²) in [5.41, 5.74) is 0. The van der Waals surface area contributed by atoms with Gasteiger partial charge in [-0.05, 0) is 25.9 Å². The minimum atomic E-state index is 0.590. The highest BCUT2D eigenvalue weighted by Gasteiger charge is 2.07. The van der Waals surface area contributed by atoms with E-state index in [-0.39, 0.29) is 0 Å². The Labute approximate surface area is 63.4 Å². The second kappa shape index (κ2) is 4.69. The zero-order chi connectivity index (χ0) is 7.23. The molecule has 1 atom stereocenters. The normalized spacial score (nSPS) is 27.9. The SMILES string of the molecule is CCNC1CCCCCN1. The monoisotopic (exact) mass is 142 g/mol. The third kappa shape index (κ3) is 2.67. The highest BCUT2D eigenvalue weighted by molar-refractivity contribution is 4.67. The van der Waals surface area contributed by atoms with Crippen LogP contribution in [0.4, 0.5) is 0 Å². The van der Waals surface area contributed by atoms with Gasteiger partial charge in [0, 0.05) is 0 Å². The fraction of sp³-hybridized carbons (Fsp3) is 1.00. The van der Waals surface area contributed by atoms with Crippen molar-refractivity contribution in [2.24, 2.45) is 0 Å². The molecule has 1 saturated heterocycles. The van der Waals surface area contributed by atoms with Crippen LogP contribution in [0.3, 0.4) is 0 Å². The van der Waals surface area contributed by atoms with Crippen molar-refractivity contribution >= 4 is 0 Å². The van der Waals surface area contributed by atoms with E-state index < -0.39 is 0 Å². The Morgan fingerprint density at radius 2 is 2.30 bits per heavy atom. The summed E-state index contributed by atoms with van der Waals surface area (Å²) >= 11 is 0. The topological polar surface area (TPSA) is 24.1 Å². The first-order valence-corrected chi connectivity index (χ1v) is 4.40. The van der Waals surface area contributed by atoms with Crippen LogP contribution < -0.4 is 10.6 Å². The third-order valence-corrected chi connectivity index (χ3v) is 2.01. The Bertz CT molecular complexity index is 75.3. The second-order valence-electron chi connectivity index (χ2n) is 2.91. The summed E-state index contributed by atoms with van der Waals surface area (Å²) in [5.74, 6) is 0. The lowest BCUT2D eigenvalue weighted by Crippen LogP contribution is -2.41. The highest BCUT2D eigenvalue weighted by Crippen LogP contribution is 2.05. The van der Waals surface area contributed by atoms with Gasteiger partial charge in [0.25, 0.3) is 0 Å². The summed E-state index contributed by atoms with van der Waals surface area (Å²) in [6.45, 7) is 4.43. The summed E-state index contributed by atoms with van der Waals surface area (Å²) in [6, 6.07) is 0. The van der Waals surface area contributed by atoms with E-state index in [1.807, 2.05) is 0 Å². The molecule has 60 valence electrons. The molecule has 0 bridgehead atoms. The molecule has 1 aliphatic heterocycles. The van der Waals surface area contributed by atoms with E-state index in [9.17, 15) is 0 Å². The highest BCUT2D eigenvalue weighted by atomic mass is 15.1. The molecule has 2 heteroatoms. The van der Waals surface area contributed by atoms with Crippen LogP contribution in [-0.4, -0.2) is 19.3 Å². The summed E-state index contributed by atoms with van der Waals surface area (Å²) in [4.78, 5) is 0. The third-order valence-electron chi connectivity index (χ3n) is 2.01. The van der Waals surface area contributed by atoms with Crippen LogP contribution in [-0.2, 0) is 0 Å².